The van der Waals surface area contributed by atoms with Gasteiger partial charge in [-0.05, 0) is 29.0 Å². The molecule has 1 aromatic carbocycles. The van der Waals surface area contributed by atoms with Crippen molar-refractivity contribution in [3.63, 3.8) is 0 Å². The minimum atomic E-state index is -1.84. The Kier molecular flexibility index (Phi) is 5.61. The smallest absolute Gasteiger partial charge is 0.263 e. The van der Waals surface area contributed by atoms with Crippen LogP contribution in [-0.2, 0) is 4.79 Å². The van der Waals surface area contributed by atoms with Crippen LogP contribution in [0.25, 0.3) is 21.2 Å². The topological polar surface area (TPSA) is 58.1 Å². The highest BCUT2D eigenvalue weighted by atomic mass is 32.1. The number of rotatable bonds is 5. The van der Waals surface area contributed by atoms with Gasteiger partial charge in [-0.25, -0.2) is 9.37 Å². The Labute approximate surface area is 174 Å². The van der Waals surface area contributed by atoms with E-state index in [0.717, 1.165) is 27.8 Å². The maximum absolute atomic E-state index is 15.3. The number of hydrogen-bond donors (Lipinski definition) is 1. The van der Waals surface area contributed by atoms with E-state index < -0.39 is 11.6 Å². The van der Waals surface area contributed by atoms with E-state index in [0.29, 0.717) is 24.8 Å². The Morgan fingerprint density at radius 3 is 2.72 bits per heavy atom. The predicted molar refractivity (Wildman–Crippen MR) is 116 cm³/mol. The van der Waals surface area contributed by atoms with E-state index in [4.69, 9.17) is 0 Å². The largest absolute Gasteiger partial charge is 0.308 e. The first-order valence-corrected chi connectivity index (χ1v) is 10.8. The van der Waals surface area contributed by atoms with E-state index in [2.05, 4.69) is 34.0 Å². The average molecular weight is 413 g/mol. The van der Waals surface area contributed by atoms with E-state index in [-0.39, 0.29) is 12.8 Å². The second-order valence-electron chi connectivity index (χ2n) is 8.11. The first kappa shape index (κ1) is 19.9. The van der Waals surface area contributed by atoms with Gasteiger partial charge in [-0.15, -0.1) is 11.3 Å². The first-order valence-electron chi connectivity index (χ1n) is 9.94. The van der Waals surface area contributed by atoms with Crippen LogP contribution in [0.3, 0.4) is 0 Å². The molecular formula is C22H25FN4OS. The third kappa shape index (κ3) is 4.46. The van der Waals surface area contributed by atoms with Crippen LogP contribution in [0.4, 0.5) is 10.2 Å². The quantitative estimate of drug-likeness (QED) is 0.657. The second kappa shape index (κ2) is 8.16. The third-order valence-electron chi connectivity index (χ3n) is 5.36. The average Bonchev–Trinajstić information content (AvgIpc) is 3.24. The standard InChI is InChI=1S/C22H25FN4OS/c1-15(2)13-27-7-5-22(23,6-8-27)21(28)26-20-10-18-9-16(19-12-24-14-29-19)3-4-17(18)11-25-20/h3-4,9-12,14-15H,5-8,13H2,1-2H3,(H,25,26,28). The molecule has 3 aromatic rings. The van der Waals surface area contributed by atoms with Gasteiger partial charge in [0.25, 0.3) is 5.91 Å². The monoisotopic (exact) mass is 412 g/mol. The molecule has 0 atom stereocenters. The Morgan fingerprint density at radius 2 is 2.03 bits per heavy atom. The molecular weight excluding hydrogens is 387 g/mol. The third-order valence-corrected chi connectivity index (χ3v) is 6.18. The molecule has 0 unspecified atom stereocenters. The number of nitrogens with one attached hydrogen (secondary N) is 1. The Balaban J connectivity index is 1.48. The molecule has 3 heterocycles. The summed E-state index contributed by atoms with van der Waals surface area (Å²) in [4.78, 5) is 24.4. The molecule has 1 amide bonds. The van der Waals surface area contributed by atoms with Crippen molar-refractivity contribution in [3.8, 4) is 10.4 Å². The molecule has 5 nitrogen and oxygen atoms in total. The fraction of sp³-hybridized carbons (Fsp3) is 0.409. The van der Waals surface area contributed by atoms with Gasteiger partial charge in [0, 0.05) is 50.3 Å². The summed E-state index contributed by atoms with van der Waals surface area (Å²) >= 11 is 1.57. The summed E-state index contributed by atoms with van der Waals surface area (Å²) in [7, 11) is 0. The lowest BCUT2D eigenvalue weighted by Crippen LogP contribution is -2.49. The minimum absolute atomic E-state index is 0.217. The fourth-order valence-electron chi connectivity index (χ4n) is 3.78. The summed E-state index contributed by atoms with van der Waals surface area (Å²) in [6.07, 6.45) is 3.97. The van der Waals surface area contributed by atoms with Crippen molar-refractivity contribution in [1.29, 1.82) is 0 Å². The van der Waals surface area contributed by atoms with Crippen LogP contribution in [0.5, 0.6) is 0 Å². The van der Waals surface area contributed by atoms with Gasteiger partial charge in [0.15, 0.2) is 5.67 Å². The zero-order chi connectivity index (χ0) is 20.4. The number of likely N-dealkylation sites (tertiary alicyclic amines) is 1. The lowest BCUT2D eigenvalue weighted by molar-refractivity contribution is -0.130. The van der Waals surface area contributed by atoms with Gasteiger partial charge >= 0.3 is 0 Å². The Hall–Kier alpha value is -2.38. The number of alkyl halides is 1. The van der Waals surface area contributed by atoms with E-state index in [1.165, 1.54) is 0 Å². The van der Waals surface area contributed by atoms with Crippen LogP contribution in [0.15, 0.2) is 42.2 Å². The molecule has 0 bridgehead atoms. The molecule has 2 aromatic heterocycles. The maximum Gasteiger partial charge on any atom is 0.263 e. The number of amides is 1. The molecule has 0 spiro atoms. The summed E-state index contributed by atoms with van der Waals surface area (Å²) < 4.78 is 15.3. The van der Waals surface area contributed by atoms with Crippen molar-refractivity contribution < 1.29 is 9.18 Å². The van der Waals surface area contributed by atoms with E-state index in [1.54, 1.807) is 29.1 Å². The van der Waals surface area contributed by atoms with Crippen LogP contribution < -0.4 is 5.32 Å². The van der Waals surface area contributed by atoms with Crippen molar-refractivity contribution in [2.45, 2.75) is 32.4 Å². The van der Waals surface area contributed by atoms with Crippen LogP contribution in [0.1, 0.15) is 26.7 Å². The molecule has 0 aliphatic carbocycles. The van der Waals surface area contributed by atoms with Crippen LogP contribution in [0, 0.1) is 5.92 Å². The van der Waals surface area contributed by atoms with Crippen LogP contribution in [0.2, 0.25) is 0 Å². The lowest BCUT2D eigenvalue weighted by Gasteiger charge is -2.36. The molecule has 29 heavy (non-hydrogen) atoms. The molecule has 1 aliphatic rings. The van der Waals surface area contributed by atoms with Gasteiger partial charge in [-0.2, -0.15) is 0 Å². The van der Waals surface area contributed by atoms with Crippen LogP contribution >= 0.6 is 11.3 Å². The van der Waals surface area contributed by atoms with Gasteiger partial charge in [0.2, 0.25) is 0 Å². The van der Waals surface area contributed by atoms with Crippen molar-refractivity contribution in [2.24, 2.45) is 5.92 Å². The molecule has 0 saturated carbocycles. The number of halogens is 1. The van der Waals surface area contributed by atoms with E-state index in [1.807, 2.05) is 24.4 Å². The normalized spacial score (nSPS) is 17.0. The molecule has 1 N–H and O–H groups in total. The van der Waals surface area contributed by atoms with Gasteiger partial charge in [0.05, 0.1) is 10.4 Å². The van der Waals surface area contributed by atoms with Crippen molar-refractivity contribution in [2.75, 3.05) is 25.0 Å². The summed E-state index contributed by atoms with van der Waals surface area (Å²) in [6, 6.07) is 7.85. The fourth-order valence-corrected chi connectivity index (χ4v) is 4.40. The number of pyridine rings is 1. The molecule has 1 aliphatic heterocycles. The van der Waals surface area contributed by atoms with Crippen molar-refractivity contribution in [1.82, 2.24) is 14.9 Å². The number of carbonyl (C=O) groups is 1. The Bertz CT molecular complexity index is 997. The number of benzene rings is 1. The number of thiazole rings is 1. The van der Waals surface area contributed by atoms with Gasteiger partial charge in [0.1, 0.15) is 5.82 Å². The van der Waals surface area contributed by atoms with Crippen molar-refractivity contribution in [3.05, 3.63) is 42.2 Å². The highest BCUT2D eigenvalue weighted by Crippen LogP contribution is 2.30. The van der Waals surface area contributed by atoms with Gasteiger partial charge in [-0.1, -0.05) is 26.0 Å². The number of hydrogen-bond acceptors (Lipinski definition) is 5. The molecule has 0 radical (unpaired) electrons. The number of piperidine rings is 1. The van der Waals surface area contributed by atoms with E-state index in [9.17, 15) is 4.79 Å². The van der Waals surface area contributed by atoms with Crippen LogP contribution in [-0.4, -0.2) is 46.1 Å². The lowest BCUT2D eigenvalue weighted by atomic mass is 9.92. The van der Waals surface area contributed by atoms with Gasteiger partial charge < -0.3 is 10.2 Å². The second-order valence-corrected chi connectivity index (χ2v) is 9.00. The molecule has 152 valence electrons. The number of nitrogens with zero attached hydrogens (tertiary/aromatic N) is 3. The summed E-state index contributed by atoms with van der Waals surface area (Å²) in [6.45, 7) is 6.44. The summed E-state index contributed by atoms with van der Waals surface area (Å²) in [5, 5.41) is 4.61. The molecule has 1 fully saturated rings. The van der Waals surface area contributed by atoms with E-state index >= 15 is 4.39 Å². The molecule has 4 rings (SSSR count). The summed E-state index contributed by atoms with van der Waals surface area (Å²) in [5.41, 5.74) is 1.02. The zero-order valence-electron chi connectivity index (χ0n) is 16.7. The predicted octanol–water partition coefficient (Wildman–Crippen LogP) is 4.76. The highest BCUT2D eigenvalue weighted by molar-refractivity contribution is 7.13. The maximum atomic E-state index is 15.3. The molecule has 1 saturated heterocycles. The van der Waals surface area contributed by atoms with Gasteiger partial charge in [-0.3, -0.25) is 9.78 Å². The number of fused-ring (bicyclic) bond motifs is 1. The number of anilines is 1. The minimum Gasteiger partial charge on any atom is -0.308 e. The molecule has 7 heteroatoms. The first-order chi connectivity index (χ1) is 13.9. The van der Waals surface area contributed by atoms with Crippen molar-refractivity contribution >= 4 is 33.8 Å². The number of aromatic nitrogens is 2. The number of carbonyl (C=O) groups excluding carboxylic acids is 1. The Morgan fingerprint density at radius 1 is 1.24 bits per heavy atom. The SMILES string of the molecule is CC(C)CN1CCC(F)(C(=O)Nc2cc3cc(-c4cncs4)ccc3cn2)CC1. The highest BCUT2D eigenvalue weighted by Gasteiger charge is 2.41. The zero-order valence-corrected chi connectivity index (χ0v) is 17.5. The summed E-state index contributed by atoms with van der Waals surface area (Å²) in [5.74, 6) is 0.324.